The van der Waals surface area contributed by atoms with Gasteiger partial charge in [0, 0.05) is 67.9 Å². The van der Waals surface area contributed by atoms with Gasteiger partial charge in [0.15, 0.2) is 46.5 Å². The van der Waals surface area contributed by atoms with Crippen LogP contribution in [0.3, 0.4) is 0 Å². The van der Waals surface area contributed by atoms with Crippen molar-refractivity contribution in [2.75, 3.05) is 0 Å². The van der Waals surface area contributed by atoms with Crippen molar-refractivity contribution in [1.29, 1.82) is 0 Å². The summed E-state index contributed by atoms with van der Waals surface area (Å²) in [6.45, 7) is 3.74. The van der Waals surface area contributed by atoms with Gasteiger partial charge >= 0.3 is 0 Å². The highest BCUT2D eigenvalue weighted by Gasteiger charge is 2.35. The standard InChI is InChI=1S/C34H20F10N4/c1-34(2)11-14-9-12-3-5-15(45-12)20(22-24(35)28(39)32(43)29(40)25(22)36)17-7-8-18(48-17)21(16-6-4-13(46-16)10-19(34)47-14)23-26(37)30(41)33(44)31(42)27(23)38/h3-7,9-11,45-48H,8H2,1-2H3. The first-order chi connectivity index (χ1) is 22.7. The zero-order valence-corrected chi connectivity index (χ0v) is 24.6. The highest BCUT2D eigenvalue weighted by atomic mass is 19.2. The average Bonchev–Trinajstić information content (AvgIpc) is 3.86. The summed E-state index contributed by atoms with van der Waals surface area (Å²) in [4.78, 5) is 5.82. The highest BCUT2D eigenvalue weighted by Crippen LogP contribution is 2.40. The molecule has 2 aromatic carbocycles. The summed E-state index contributed by atoms with van der Waals surface area (Å²) >= 11 is 0. The zero-order chi connectivity index (χ0) is 34.4. The molecule has 246 valence electrons. The first kappa shape index (κ1) is 31.2. The van der Waals surface area contributed by atoms with Crippen LogP contribution in [0.4, 0.5) is 43.9 Å². The van der Waals surface area contributed by atoms with Crippen molar-refractivity contribution in [3.63, 3.8) is 0 Å². The molecule has 0 saturated heterocycles. The predicted octanol–water partition coefficient (Wildman–Crippen LogP) is 6.92. The van der Waals surface area contributed by atoms with E-state index in [2.05, 4.69) is 20.6 Å². The minimum Gasteiger partial charge on any atom is -0.358 e. The summed E-state index contributed by atoms with van der Waals surface area (Å²) in [5.41, 5.74) is -3.41. The Morgan fingerprint density at radius 2 is 1.15 bits per heavy atom. The second-order valence-electron chi connectivity index (χ2n) is 11.9. The second kappa shape index (κ2) is 10.8. The van der Waals surface area contributed by atoms with Gasteiger partial charge in [0.1, 0.15) is 0 Å². The fraction of sp³-hybridized carbons (Fsp3) is 0.118. The van der Waals surface area contributed by atoms with E-state index in [0.717, 1.165) is 0 Å². The lowest BCUT2D eigenvalue weighted by molar-refractivity contribution is 0.376. The molecule has 0 atom stereocenters. The number of nitrogens with one attached hydrogen (secondary N) is 4. The van der Waals surface area contributed by atoms with E-state index in [1.165, 1.54) is 30.3 Å². The predicted molar refractivity (Wildman–Crippen MR) is 155 cm³/mol. The van der Waals surface area contributed by atoms with Crippen LogP contribution in [0.5, 0.6) is 0 Å². The minimum atomic E-state index is -2.39. The maximum atomic E-state index is 15.4. The van der Waals surface area contributed by atoms with Gasteiger partial charge in [-0.1, -0.05) is 19.9 Å². The maximum absolute atomic E-state index is 15.4. The van der Waals surface area contributed by atoms with Crippen molar-refractivity contribution in [2.24, 2.45) is 5.41 Å². The Morgan fingerprint density at radius 1 is 0.583 bits per heavy atom. The lowest BCUT2D eigenvalue weighted by Gasteiger charge is -2.18. The fourth-order valence-electron chi connectivity index (χ4n) is 6.04. The van der Waals surface area contributed by atoms with Gasteiger partial charge < -0.3 is 20.6 Å². The number of H-pyrrole nitrogens is 2. The molecule has 4 aromatic rings. The highest BCUT2D eigenvalue weighted by molar-refractivity contribution is 5.86. The normalized spacial score (nSPS) is 16.8. The second-order valence-corrected chi connectivity index (χ2v) is 11.9. The Morgan fingerprint density at radius 3 is 1.75 bits per heavy atom. The molecule has 0 fully saturated rings. The van der Waals surface area contributed by atoms with Crippen molar-refractivity contribution in [3.05, 3.63) is 151 Å². The van der Waals surface area contributed by atoms with Crippen molar-refractivity contribution in [2.45, 2.75) is 20.3 Å². The zero-order valence-electron chi connectivity index (χ0n) is 24.6. The Kier molecular flexibility index (Phi) is 7.04. The van der Waals surface area contributed by atoms with Crippen LogP contribution in [0.15, 0.2) is 59.2 Å². The summed E-state index contributed by atoms with van der Waals surface area (Å²) in [5.74, 6) is -22.3. The first-order valence-electron chi connectivity index (χ1n) is 14.2. The third kappa shape index (κ3) is 4.68. The molecule has 5 heterocycles. The van der Waals surface area contributed by atoms with Gasteiger partial charge in [0.2, 0.25) is 11.6 Å². The molecule has 3 aliphatic heterocycles. The van der Waals surface area contributed by atoms with Gasteiger partial charge in [0.05, 0.1) is 11.1 Å². The van der Waals surface area contributed by atoms with E-state index in [1.807, 2.05) is 19.9 Å². The Balaban J connectivity index is 1.58. The topological polar surface area (TPSA) is 55.6 Å². The molecule has 0 amide bonds. The molecule has 8 bridgehead atoms. The van der Waals surface area contributed by atoms with E-state index in [4.69, 9.17) is 0 Å². The van der Waals surface area contributed by atoms with Gasteiger partial charge in [-0.15, -0.1) is 0 Å². The first-order valence-corrected chi connectivity index (χ1v) is 14.2. The van der Waals surface area contributed by atoms with E-state index in [-0.39, 0.29) is 28.9 Å². The molecule has 3 aliphatic rings. The molecule has 0 unspecified atom stereocenters. The van der Waals surface area contributed by atoms with Crippen molar-refractivity contribution in [1.82, 2.24) is 20.6 Å². The fourth-order valence-corrected chi connectivity index (χ4v) is 6.04. The van der Waals surface area contributed by atoms with Crippen molar-refractivity contribution in [3.8, 4) is 0 Å². The molecule has 0 radical (unpaired) electrons. The van der Waals surface area contributed by atoms with Crippen LogP contribution in [0.1, 0.15) is 42.8 Å². The molecule has 0 saturated carbocycles. The maximum Gasteiger partial charge on any atom is 0.200 e. The Labute approximate surface area is 264 Å². The lowest BCUT2D eigenvalue weighted by atomic mass is 9.90. The molecule has 4 nitrogen and oxygen atoms in total. The summed E-state index contributed by atoms with van der Waals surface area (Å²) in [5, 5.41) is 6.13. The van der Waals surface area contributed by atoms with Gasteiger partial charge in [-0.3, -0.25) is 0 Å². The molecular weight excluding hydrogens is 654 g/mol. The summed E-state index contributed by atoms with van der Waals surface area (Å²) in [6, 6.07) is 5.64. The lowest BCUT2D eigenvalue weighted by Crippen LogP contribution is -2.22. The monoisotopic (exact) mass is 674 g/mol. The number of fused-ring (bicyclic) bond motifs is 8. The summed E-state index contributed by atoms with van der Waals surface area (Å²) in [7, 11) is 0. The molecule has 0 aliphatic carbocycles. The number of aromatic nitrogens is 2. The largest absolute Gasteiger partial charge is 0.358 e. The van der Waals surface area contributed by atoms with Gasteiger partial charge in [0.25, 0.3) is 0 Å². The van der Waals surface area contributed by atoms with Crippen LogP contribution in [0, 0.1) is 63.6 Å². The van der Waals surface area contributed by atoms with E-state index in [9.17, 15) is 26.3 Å². The van der Waals surface area contributed by atoms with Crippen molar-refractivity contribution >= 4 is 23.3 Å². The Bertz CT molecular complexity index is 2300. The summed E-state index contributed by atoms with van der Waals surface area (Å²) in [6.07, 6.45) is 6.05. The molecule has 0 spiro atoms. The quantitative estimate of drug-likeness (QED) is 0.106. The Hall–Kier alpha value is -5.40. The molecule has 7 rings (SSSR count). The number of hydrogen-bond acceptors (Lipinski definition) is 2. The smallest absolute Gasteiger partial charge is 0.200 e. The van der Waals surface area contributed by atoms with Crippen LogP contribution in [0.25, 0.3) is 23.3 Å². The van der Waals surface area contributed by atoms with Crippen LogP contribution in [-0.2, 0) is 0 Å². The average molecular weight is 675 g/mol. The summed E-state index contributed by atoms with van der Waals surface area (Å²) < 4.78 is 148. The van der Waals surface area contributed by atoms with Crippen LogP contribution in [0.2, 0.25) is 0 Å². The van der Waals surface area contributed by atoms with Crippen molar-refractivity contribution < 1.29 is 43.9 Å². The minimum absolute atomic E-state index is 0.121. The van der Waals surface area contributed by atoms with Crippen LogP contribution >= 0.6 is 0 Å². The van der Waals surface area contributed by atoms with Gasteiger partial charge in [-0.25, -0.2) is 43.9 Å². The van der Waals surface area contributed by atoms with Crippen LogP contribution < -0.4 is 21.3 Å². The number of allylic oxidation sites excluding steroid dienone is 4. The number of hydrogen-bond donors (Lipinski definition) is 4. The molecule has 4 N–H and O–H groups in total. The molecule has 48 heavy (non-hydrogen) atoms. The third-order valence-corrected chi connectivity index (χ3v) is 8.34. The number of aromatic amines is 2. The molecule has 14 heteroatoms. The van der Waals surface area contributed by atoms with E-state index < -0.39 is 85.9 Å². The number of halogens is 10. The molecular formula is C34H20F10N4. The number of rotatable bonds is 2. The number of benzene rings is 2. The van der Waals surface area contributed by atoms with E-state index in [0.29, 0.717) is 22.4 Å². The van der Waals surface area contributed by atoms with Crippen LogP contribution in [-0.4, -0.2) is 9.97 Å². The third-order valence-electron chi connectivity index (χ3n) is 8.34. The van der Waals surface area contributed by atoms with E-state index in [1.54, 1.807) is 12.2 Å². The molecule has 2 aromatic heterocycles. The SMILES string of the molecule is CC1(C)C=C2C=c3ccc([nH]3)=C(c3c(F)c(F)c(F)c(F)c3F)C3=CCC(=C(c4c(F)c(F)c(F)c(F)c4F)c4ccc([nH]4)C=C1N2)N3. The van der Waals surface area contributed by atoms with Gasteiger partial charge in [-0.05, 0) is 42.5 Å². The van der Waals surface area contributed by atoms with E-state index >= 15 is 17.6 Å². The van der Waals surface area contributed by atoms with Gasteiger partial charge in [-0.2, -0.15) is 0 Å².